The van der Waals surface area contributed by atoms with E-state index in [1.807, 2.05) is 12.1 Å². The highest BCUT2D eigenvalue weighted by atomic mass is 16.1. The van der Waals surface area contributed by atoms with Gasteiger partial charge in [0.1, 0.15) is 0 Å². The smallest absolute Gasteiger partial charge is 0.224 e. The zero-order valence-corrected chi connectivity index (χ0v) is 11.3. The Morgan fingerprint density at radius 2 is 2.06 bits per heavy atom. The third-order valence-electron chi connectivity index (χ3n) is 3.81. The van der Waals surface area contributed by atoms with E-state index in [0.717, 1.165) is 37.2 Å². The summed E-state index contributed by atoms with van der Waals surface area (Å²) in [6, 6.07) is 6.03. The van der Waals surface area contributed by atoms with E-state index < -0.39 is 0 Å². The van der Waals surface area contributed by atoms with Gasteiger partial charge in [0.15, 0.2) is 0 Å². The van der Waals surface area contributed by atoms with Gasteiger partial charge in [-0.3, -0.25) is 4.79 Å². The molecule has 0 aliphatic carbocycles. The Bertz CT molecular complexity index is 423. The molecule has 18 heavy (non-hydrogen) atoms. The number of amides is 1. The number of rotatable bonds is 3. The normalized spacial score (nSPS) is 16.6. The molecule has 0 spiro atoms. The van der Waals surface area contributed by atoms with E-state index in [1.54, 1.807) is 0 Å². The summed E-state index contributed by atoms with van der Waals surface area (Å²) in [6.45, 7) is 6.20. The lowest BCUT2D eigenvalue weighted by molar-refractivity contribution is -0.117. The van der Waals surface area contributed by atoms with Crippen molar-refractivity contribution in [3.05, 3.63) is 29.3 Å². The minimum atomic E-state index is 0.149. The molecular weight excluding hydrogens is 224 g/mol. The molecule has 2 rings (SSSR count). The molecule has 0 aromatic heterocycles. The van der Waals surface area contributed by atoms with E-state index in [4.69, 9.17) is 0 Å². The first-order chi connectivity index (χ1) is 8.66. The Labute approximate surface area is 109 Å². The van der Waals surface area contributed by atoms with Crippen LogP contribution >= 0.6 is 0 Å². The maximum absolute atomic E-state index is 12.0. The van der Waals surface area contributed by atoms with Crippen LogP contribution in [0.2, 0.25) is 0 Å². The van der Waals surface area contributed by atoms with Gasteiger partial charge in [0.25, 0.3) is 0 Å². The summed E-state index contributed by atoms with van der Waals surface area (Å²) in [4.78, 5) is 12.0. The fourth-order valence-electron chi connectivity index (χ4n) is 2.44. The zero-order chi connectivity index (χ0) is 13.0. The molecule has 1 amide bonds. The van der Waals surface area contributed by atoms with Crippen molar-refractivity contribution in [2.24, 2.45) is 5.92 Å². The number of hydrogen-bond donors (Lipinski definition) is 2. The molecule has 0 radical (unpaired) electrons. The van der Waals surface area contributed by atoms with Gasteiger partial charge >= 0.3 is 0 Å². The monoisotopic (exact) mass is 246 g/mol. The van der Waals surface area contributed by atoms with Gasteiger partial charge in [-0.15, -0.1) is 0 Å². The van der Waals surface area contributed by atoms with Gasteiger partial charge in [0.2, 0.25) is 5.91 Å². The van der Waals surface area contributed by atoms with Crippen LogP contribution < -0.4 is 10.6 Å². The Morgan fingerprint density at radius 3 is 2.78 bits per heavy atom. The maximum Gasteiger partial charge on any atom is 0.224 e. The number of carbonyl (C=O) groups is 1. The molecule has 3 nitrogen and oxygen atoms in total. The standard InChI is InChI=1S/C15H22N2O/c1-11-4-3-5-14(12(11)2)17-15(18)10-13-6-8-16-9-7-13/h3-5,13,16H,6-10H2,1-2H3,(H,17,18). The lowest BCUT2D eigenvalue weighted by Crippen LogP contribution is -2.30. The van der Waals surface area contributed by atoms with Crippen LogP contribution in [0.1, 0.15) is 30.4 Å². The zero-order valence-electron chi connectivity index (χ0n) is 11.3. The number of anilines is 1. The molecule has 1 aromatic carbocycles. The van der Waals surface area contributed by atoms with Crippen LogP contribution in [-0.2, 0) is 4.79 Å². The van der Waals surface area contributed by atoms with E-state index in [1.165, 1.54) is 5.56 Å². The number of carbonyl (C=O) groups excluding carboxylic acids is 1. The fraction of sp³-hybridized carbons (Fsp3) is 0.533. The molecule has 98 valence electrons. The molecule has 0 unspecified atom stereocenters. The van der Waals surface area contributed by atoms with Crippen LogP contribution in [0.4, 0.5) is 5.69 Å². The van der Waals surface area contributed by atoms with Gasteiger partial charge in [-0.2, -0.15) is 0 Å². The fourth-order valence-corrected chi connectivity index (χ4v) is 2.44. The number of piperidine rings is 1. The van der Waals surface area contributed by atoms with Crippen LogP contribution in [0.15, 0.2) is 18.2 Å². The van der Waals surface area contributed by atoms with E-state index >= 15 is 0 Å². The van der Waals surface area contributed by atoms with Crippen molar-refractivity contribution < 1.29 is 4.79 Å². The van der Waals surface area contributed by atoms with Crippen LogP contribution in [0.5, 0.6) is 0 Å². The van der Waals surface area contributed by atoms with Gasteiger partial charge < -0.3 is 10.6 Å². The lowest BCUT2D eigenvalue weighted by Gasteiger charge is -2.22. The molecule has 1 heterocycles. The molecule has 0 bridgehead atoms. The lowest BCUT2D eigenvalue weighted by atomic mass is 9.94. The third-order valence-corrected chi connectivity index (χ3v) is 3.81. The van der Waals surface area contributed by atoms with E-state index in [0.29, 0.717) is 12.3 Å². The highest BCUT2D eigenvalue weighted by Gasteiger charge is 2.17. The quantitative estimate of drug-likeness (QED) is 0.861. The second-order valence-corrected chi connectivity index (χ2v) is 5.19. The van der Waals surface area contributed by atoms with E-state index in [-0.39, 0.29) is 5.91 Å². The first-order valence-electron chi connectivity index (χ1n) is 6.73. The predicted molar refractivity (Wildman–Crippen MR) is 74.8 cm³/mol. The second kappa shape index (κ2) is 6.01. The van der Waals surface area contributed by atoms with Gasteiger partial charge in [-0.05, 0) is 62.9 Å². The van der Waals surface area contributed by atoms with Gasteiger partial charge in [0, 0.05) is 12.1 Å². The molecule has 1 fully saturated rings. The highest BCUT2D eigenvalue weighted by molar-refractivity contribution is 5.91. The van der Waals surface area contributed by atoms with Crippen molar-refractivity contribution in [3.63, 3.8) is 0 Å². The molecule has 0 saturated carbocycles. The molecule has 0 atom stereocenters. The van der Waals surface area contributed by atoms with Crippen molar-refractivity contribution in [3.8, 4) is 0 Å². The summed E-state index contributed by atoms with van der Waals surface area (Å²) >= 11 is 0. The summed E-state index contributed by atoms with van der Waals surface area (Å²) in [5, 5.41) is 6.36. The molecule has 1 aromatic rings. The van der Waals surface area contributed by atoms with Crippen molar-refractivity contribution in [1.29, 1.82) is 0 Å². The van der Waals surface area contributed by atoms with Crippen LogP contribution in [-0.4, -0.2) is 19.0 Å². The summed E-state index contributed by atoms with van der Waals surface area (Å²) in [7, 11) is 0. The number of nitrogens with one attached hydrogen (secondary N) is 2. The summed E-state index contributed by atoms with van der Waals surface area (Å²) in [5.41, 5.74) is 3.33. The van der Waals surface area contributed by atoms with Crippen molar-refractivity contribution in [2.75, 3.05) is 18.4 Å². The van der Waals surface area contributed by atoms with Crippen LogP contribution in [0, 0.1) is 19.8 Å². The first-order valence-corrected chi connectivity index (χ1v) is 6.73. The number of hydrogen-bond acceptors (Lipinski definition) is 2. The van der Waals surface area contributed by atoms with Crippen molar-refractivity contribution in [1.82, 2.24) is 5.32 Å². The van der Waals surface area contributed by atoms with Crippen LogP contribution in [0.3, 0.4) is 0 Å². The highest BCUT2D eigenvalue weighted by Crippen LogP contribution is 2.20. The Balaban J connectivity index is 1.92. The number of aryl methyl sites for hydroxylation is 1. The van der Waals surface area contributed by atoms with E-state index in [9.17, 15) is 4.79 Å². The topological polar surface area (TPSA) is 41.1 Å². The minimum Gasteiger partial charge on any atom is -0.326 e. The molecule has 1 aliphatic heterocycles. The summed E-state index contributed by atoms with van der Waals surface area (Å²) < 4.78 is 0. The first kappa shape index (κ1) is 13.1. The maximum atomic E-state index is 12.0. The Morgan fingerprint density at radius 1 is 1.33 bits per heavy atom. The largest absolute Gasteiger partial charge is 0.326 e. The van der Waals surface area contributed by atoms with Gasteiger partial charge in [-0.25, -0.2) is 0 Å². The second-order valence-electron chi connectivity index (χ2n) is 5.19. The van der Waals surface area contributed by atoms with E-state index in [2.05, 4.69) is 30.5 Å². The summed E-state index contributed by atoms with van der Waals surface area (Å²) in [5.74, 6) is 0.687. The summed E-state index contributed by atoms with van der Waals surface area (Å²) in [6.07, 6.45) is 2.87. The molecule has 1 aliphatic rings. The number of benzene rings is 1. The van der Waals surface area contributed by atoms with Gasteiger partial charge in [0.05, 0.1) is 0 Å². The van der Waals surface area contributed by atoms with Gasteiger partial charge in [-0.1, -0.05) is 12.1 Å². The van der Waals surface area contributed by atoms with Crippen molar-refractivity contribution >= 4 is 11.6 Å². The molecular formula is C15H22N2O. The van der Waals surface area contributed by atoms with Crippen LogP contribution in [0.25, 0.3) is 0 Å². The van der Waals surface area contributed by atoms with Crippen molar-refractivity contribution in [2.45, 2.75) is 33.1 Å². The average Bonchev–Trinajstić information content (AvgIpc) is 2.36. The minimum absolute atomic E-state index is 0.149. The Kier molecular flexibility index (Phi) is 4.37. The SMILES string of the molecule is Cc1cccc(NC(=O)CC2CCNCC2)c1C. The molecule has 1 saturated heterocycles. The Hall–Kier alpha value is -1.35. The molecule has 3 heteroatoms. The molecule has 2 N–H and O–H groups in total. The average molecular weight is 246 g/mol. The predicted octanol–water partition coefficient (Wildman–Crippen LogP) is 2.63. The third kappa shape index (κ3) is 3.33.